The Bertz CT molecular complexity index is 324. The molecule has 1 aliphatic rings. The molecule has 1 unspecified atom stereocenters. The Morgan fingerprint density at radius 1 is 1.36 bits per heavy atom. The van der Waals surface area contributed by atoms with Crippen molar-refractivity contribution in [2.24, 2.45) is 0 Å². The van der Waals surface area contributed by atoms with E-state index in [4.69, 9.17) is 23.2 Å². The SMILES string of the molecule is Clc1ccc(C2C[N]CCS2)c(Cl)c1. The lowest BCUT2D eigenvalue weighted by atomic mass is 10.1. The average molecular weight is 247 g/mol. The minimum Gasteiger partial charge on any atom is -0.239 e. The summed E-state index contributed by atoms with van der Waals surface area (Å²) in [6, 6.07) is 5.69. The summed E-state index contributed by atoms with van der Waals surface area (Å²) in [5.41, 5.74) is 1.16. The summed E-state index contributed by atoms with van der Waals surface area (Å²) in [6.07, 6.45) is 0. The fourth-order valence-electron chi connectivity index (χ4n) is 1.47. The highest BCUT2D eigenvalue weighted by Crippen LogP contribution is 2.35. The summed E-state index contributed by atoms with van der Waals surface area (Å²) < 4.78 is 0. The van der Waals surface area contributed by atoms with Crippen LogP contribution in [0.5, 0.6) is 0 Å². The van der Waals surface area contributed by atoms with E-state index in [0.29, 0.717) is 10.3 Å². The molecule has 0 saturated carbocycles. The number of hydrogen-bond donors (Lipinski definition) is 0. The van der Waals surface area contributed by atoms with Gasteiger partial charge in [0.2, 0.25) is 0 Å². The number of nitrogens with zero attached hydrogens (tertiary/aromatic N) is 1. The standard InChI is InChI=1S/C10H10Cl2NS/c11-7-1-2-8(9(12)5-7)10-6-13-3-4-14-10/h1-2,5,10H,3-4,6H2. The molecular formula is C10H10Cl2NS. The second-order valence-corrected chi connectivity index (χ2v) is 5.31. The van der Waals surface area contributed by atoms with Crippen molar-refractivity contribution < 1.29 is 0 Å². The predicted octanol–water partition coefficient (Wildman–Crippen LogP) is 3.39. The molecule has 1 fully saturated rings. The van der Waals surface area contributed by atoms with Crippen molar-refractivity contribution in [3.8, 4) is 0 Å². The molecule has 1 saturated heterocycles. The molecule has 4 heteroatoms. The van der Waals surface area contributed by atoms with Gasteiger partial charge in [-0.3, -0.25) is 0 Å². The largest absolute Gasteiger partial charge is 0.239 e. The topological polar surface area (TPSA) is 14.1 Å². The number of thioether (sulfide) groups is 1. The lowest BCUT2D eigenvalue weighted by Crippen LogP contribution is -2.22. The third-order valence-electron chi connectivity index (χ3n) is 2.17. The normalized spacial score (nSPS) is 22.3. The van der Waals surface area contributed by atoms with Gasteiger partial charge >= 0.3 is 0 Å². The first-order valence-electron chi connectivity index (χ1n) is 4.47. The van der Waals surface area contributed by atoms with Gasteiger partial charge in [-0.2, -0.15) is 11.8 Å². The summed E-state index contributed by atoms with van der Waals surface area (Å²) in [6.45, 7) is 1.83. The van der Waals surface area contributed by atoms with Crippen LogP contribution in [0, 0.1) is 0 Å². The Hall–Kier alpha value is 0.110. The number of halogens is 2. The zero-order valence-electron chi connectivity index (χ0n) is 7.54. The summed E-state index contributed by atoms with van der Waals surface area (Å²) in [5, 5.41) is 6.24. The van der Waals surface area contributed by atoms with Gasteiger partial charge < -0.3 is 0 Å². The van der Waals surface area contributed by atoms with Gasteiger partial charge in [-0.1, -0.05) is 29.3 Å². The summed E-state index contributed by atoms with van der Waals surface area (Å²) in [4.78, 5) is 0. The Balaban J connectivity index is 2.22. The minimum absolute atomic E-state index is 0.411. The number of hydrogen-bond acceptors (Lipinski definition) is 1. The van der Waals surface area contributed by atoms with Crippen molar-refractivity contribution in [2.75, 3.05) is 18.8 Å². The average Bonchev–Trinajstić information content (AvgIpc) is 2.19. The van der Waals surface area contributed by atoms with Crippen LogP contribution in [0.3, 0.4) is 0 Å². The molecule has 1 aromatic rings. The van der Waals surface area contributed by atoms with Gasteiger partial charge in [0.1, 0.15) is 0 Å². The Morgan fingerprint density at radius 3 is 2.86 bits per heavy atom. The quantitative estimate of drug-likeness (QED) is 0.741. The summed E-state index contributed by atoms with van der Waals surface area (Å²) in [7, 11) is 0. The van der Waals surface area contributed by atoms with E-state index >= 15 is 0 Å². The van der Waals surface area contributed by atoms with Gasteiger partial charge in [0.15, 0.2) is 0 Å². The molecule has 0 aliphatic carbocycles. The van der Waals surface area contributed by atoms with Crippen molar-refractivity contribution in [1.82, 2.24) is 5.32 Å². The molecule has 14 heavy (non-hydrogen) atoms. The van der Waals surface area contributed by atoms with E-state index in [2.05, 4.69) is 5.32 Å². The van der Waals surface area contributed by atoms with Gasteiger partial charge in [0, 0.05) is 34.1 Å². The van der Waals surface area contributed by atoms with Gasteiger partial charge in [-0.25, -0.2) is 5.32 Å². The third kappa shape index (κ3) is 2.37. The lowest BCUT2D eigenvalue weighted by molar-refractivity contribution is 0.675. The first-order chi connectivity index (χ1) is 6.77. The molecule has 0 bridgehead atoms. The van der Waals surface area contributed by atoms with Crippen LogP contribution in [0.2, 0.25) is 10.0 Å². The second kappa shape index (κ2) is 4.75. The van der Waals surface area contributed by atoms with Crippen molar-refractivity contribution in [2.45, 2.75) is 5.25 Å². The van der Waals surface area contributed by atoms with Crippen molar-refractivity contribution in [3.63, 3.8) is 0 Å². The van der Waals surface area contributed by atoms with Crippen LogP contribution in [0.1, 0.15) is 10.8 Å². The fourth-order valence-corrected chi connectivity index (χ4v) is 3.19. The highest BCUT2D eigenvalue weighted by Gasteiger charge is 2.18. The zero-order chi connectivity index (χ0) is 9.97. The van der Waals surface area contributed by atoms with Gasteiger partial charge in [0.25, 0.3) is 0 Å². The molecule has 0 N–H and O–H groups in total. The van der Waals surface area contributed by atoms with Gasteiger partial charge in [-0.15, -0.1) is 0 Å². The van der Waals surface area contributed by atoms with Crippen LogP contribution >= 0.6 is 35.0 Å². The maximum Gasteiger partial charge on any atom is 0.0464 e. The van der Waals surface area contributed by atoms with E-state index in [-0.39, 0.29) is 0 Å². The van der Waals surface area contributed by atoms with Crippen molar-refractivity contribution >= 4 is 35.0 Å². The first kappa shape index (κ1) is 10.6. The van der Waals surface area contributed by atoms with Gasteiger partial charge in [0.05, 0.1) is 0 Å². The molecular weight excluding hydrogens is 237 g/mol. The Morgan fingerprint density at radius 2 is 2.21 bits per heavy atom. The van der Waals surface area contributed by atoms with E-state index in [1.807, 2.05) is 23.9 Å². The van der Waals surface area contributed by atoms with Crippen LogP contribution in [-0.4, -0.2) is 18.8 Å². The molecule has 1 aromatic carbocycles. The molecule has 0 spiro atoms. The highest BCUT2D eigenvalue weighted by molar-refractivity contribution is 7.99. The number of benzene rings is 1. The van der Waals surface area contributed by atoms with E-state index in [0.717, 1.165) is 29.4 Å². The monoisotopic (exact) mass is 246 g/mol. The smallest absolute Gasteiger partial charge is 0.0464 e. The van der Waals surface area contributed by atoms with Crippen LogP contribution in [0.25, 0.3) is 0 Å². The molecule has 75 valence electrons. The van der Waals surface area contributed by atoms with Crippen molar-refractivity contribution in [3.05, 3.63) is 33.8 Å². The van der Waals surface area contributed by atoms with E-state index in [1.165, 1.54) is 0 Å². The molecule has 1 heterocycles. The predicted molar refractivity (Wildman–Crippen MR) is 63.5 cm³/mol. The van der Waals surface area contributed by atoms with Crippen molar-refractivity contribution in [1.29, 1.82) is 0 Å². The maximum atomic E-state index is 6.12. The van der Waals surface area contributed by atoms with Crippen LogP contribution in [-0.2, 0) is 0 Å². The number of rotatable bonds is 1. The molecule has 2 rings (SSSR count). The molecule has 1 radical (unpaired) electrons. The minimum atomic E-state index is 0.411. The molecule has 0 aromatic heterocycles. The zero-order valence-corrected chi connectivity index (χ0v) is 9.87. The maximum absolute atomic E-state index is 6.12. The summed E-state index contributed by atoms with van der Waals surface area (Å²) in [5.74, 6) is 1.09. The molecule has 1 atom stereocenters. The van der Waals surface area contributed by atoms with Crippen LogP contribution in [0.15, 0.2) is 18.2 Å². The first-order valence-corrected chi connectivity index (χ1v) is 6.27. The van der Waals surface area contributed by atoms with Crippen LogP contribution < -0.4 is 5.32 Å². The molecule has 1 nitrogen and oxygen atoms in total. The Kier molecular flexibility index (Phi) is 3.61. The molecule has 1 aliphatic heterocycles. The highest BCUT2D eigenvalue weighted by atomic mass is 35.5. The van der Waals surface area contributed by atoms with E-state index in [1.54, 1.807) is 6.07 Å². The van der Waals surface area contributed by atoms with Gasteiger partial charge in [-0.05, 0) is 17.7 Å². The van der Waals surface area contributed by atoms with E-state index < -0.39 is 0 Å². The fraction of sp³-hybridized carbons (Fsp3) is 0.400. The molecule has 0 amide bonds. The summed E-state index contributed by atoms with van der Waals surface area (Å²) >= 11 is 13.9. The third-order valence-corrected chi connectivity index (χ3v) is 3.96. The lowest BCUT2D eigenvalue weighted by Gasteiger charge is -2.22. The van der Waals surface area contributed by atoms with E-state index in [9.17, 15) is 0 Å². The second-order valence-electron chi connectivity index (χ2n) is 3.16. The van der Waals surface area contributed by atoms with Crippen LogP contribution in [0.4, 0.5) is 0 Å². The Labute approximate surface area is 98.2 Å².